The molecule has 0 aliphatic carbocycles. The Morgan fingerprint density at radius 1 is 1.34 bits per heavy atom. The first kappa shape index (κ1) is 25.4. The molecular weight excluding hydrogens is 449 g/mol. The number of carbonyl (C=O) groups is 2. The average Bonchev–Trinajstić information content (AvgIpc) is 3.16. The maximum absolute atomic E-state index is 11.4. The lowest BCUT2D eigenvalue weighted by Crippen LogP contribution is -2.32. The van der Waals surface area contributed by atoms with E-state index in [1.807, 2.05) is 41.2 Å². The highest BCUT2D eigenvalue weighted by atomic mass is 32.2. The number of benzene rings is 1. The molecule has 1 aliphatic rings. The number of nitrogens with one attached hydrogen (secondary N) is 1. The number of aromatic nitrogens is 3. The second kappa shape index (κ2) is 11.7. The van der Waals surface area contributed by atoms with Gasteiger partial charge in [-0.3, -0.25) is 4.79 Å². The van der Waals surface area contributed by atoms with Gasteiger partial charge in [-0.25, -0.2) is 9.48 Å². The van der Waals surface area contributed by atoms with Crippen LogP contribution in [-0.2, 0) is 16.1 Å². The summed E-state index contributed by atoms with van der Waals surface area (Å²) in [7, 11) is 1.66. The summed E-state index contributed by atoms with van der Waals surface area (Å²) in [5.74, 6) is -1.92. The third-order valence-electron chi connectivity index (χ3n) is 4.27. The lowest BCUT2D eigenvalue weighted by Gasteiger charge is -2.24. The van der Waals surface area contributed by atoms with E-state index in [0.29, 0.717) is 6.54 Å². The van der Waals surface area contributed by atoms with Crippen LogP contribution in [0, 0.1) is 0 Å². The fraction of sp³-hybridized carbons (Fsp3) is 0.400. The Kier molecular flexibility index (Phi) is 9.27. The molecule has 0 amide bonds. The van der Waals surface area contributed by atoms with Crippen molar-refractivity contribution >= 4 is 28.9 Å². The third kappa shape index (κ3) is 8.35. The number of rotatable bonds is 5. The van der Waals surface area contributed by atoms with E-state index in [1.165, 1.54) is 17.3 Å². The number of hydrogen-bond acceptors (Lipinski definition) is 7. The first-order valence-electron chi connectivity index (χ1n) is 9.50. The fourth-order valence-electron chi connectivity index (χ4n) is 2.81. The minimum atomic E-state index is -5.08. The molecular formula is C20H23F3N4O4S. The molecule has 2 aromatic rings. The molecule has 32 heavy (non-hydrogen) atoms. The molecule has 8 nitrogen and oxygen atoms in total. The van der Waals surface area contributed by atoms with Crippen LogP contribution in [0.1, 0.15) is 24.6 Å². The van der Waals surface area contributed by atoms with Gasteiger partial charge in [0.2, 0.25) is 0 Å². The minimum absolute atomic E-state index is 0.154. The van der Waals surface area contributed by atoms with E-state index in [4.69, 9.17) is 14.6 Å². The highest BCUT2D eigenvalue weighted by Crippen LogP contribution is 2.26. The predicted octanol–water partition coefficient (Wildman–Crippen LogP) is 2.99. The van der Waals surface area contributed by atoms with Crippen molar-refractivity contribution in [3.8, 4) is 5.75 Å². The van der Waals surface area contributed by atoms with Gasteiger partial charge < -0.3 is 15.2 Å². The monoisotopic (exact) mass is 472 g/mol. The number of aliphatic carboxylic acids is 1. The van der Waals surface area contributed by atoms with Gasteiger partial charge in [-0.1, -0.05) is 29.1 Å². The number of alkyl halides is 3. The molecule has 1 atom stereocenters. The van der Waals surface area contributed by atoms with Crippen molar-refractivity contribution in [2.24, 2.45) is 0 Å². The summed E-state index contributed by atoms with van der Waals surface area (Å²) >= 11 is 1.40. The van der Waals surface area contributed by atoms with Gasteiger partial charge in [0.25, 0.3) is 0 Å². The Hall–Kier alpha value is -2.86. The Labute approximate surface area is 186 Å². The van der Waals surface area contributed by atoms with Gasteiger partial charge in [-0.05, 0) is 42.3 Å². The molecule has 0 spiro atoms. The molecule has 174 valence electrons. The Bertz CT molecular complexity index is 945. The second-order valence-corrected chi connectivity index (χ2v) is 8.15. The van der Waals surface area contributed by atoms with Crippen molar-refractivity contribution < 1.29 is 32.6 Å². The van der Waals surface area contributed by atoms with Crippen LogP contribution in [0.2, 0.25) is 0 Å². The van der Waals surface area contributed by atoms with Crippen molar-refractivity contribution in [1.82, 2.24) is 20.3 Å². The summed E-state index contributed by atoms with van der Waals surface area (Å²) in [5, 5.41) is 19.3. The first-order chi connectivity index (χ1) is 15.1. The summed E-state index contributed by atoms with van der Waals surface area (Å²) in [6.07, 6.45) is -0.151. The average molecular weight is 472 g/mol. The Morgan fingerprint density at radius 3 is 2.56 bits per heavy atom. The number of carboxylic acids is 1. The number of halogens is 3. The Morgan fingerprint density at radius 2 is 2.00 bits per heavy atom. The normalized spacial score (nSPS) is 17.4. The summed E-state index contributed by atoms with van der Waals surface area (Å²) in [6.45, 7) is 4.00. The number of nitrogens with zero attached hydrogens (tertiary/aromatic N) is 3. The maximum atomic E-state index is 11.4. The number of methoxy groups -OCH3 is 1. The van der Waals surface area contributed by atoms with Crippen LogP contribution in [-0.4, -0.2) is 62.8 Å². The fourth-order valence-corrected chi connectivity index (χ4v) is 3.75. The van der Waals surface area contributed by atoms with E-state index in [9.17, 15) is 18.0 Å². The summed E-state index contributed by atoms with van der Waals surface area (Å²) < 4.78 is 38.7. The smallest absolute Gasteiger partial charge is 0.490 e. The zero-order chi connectivity index (χ0) is 23.7. The van der Waals surface area contributed by atoms with Crippen LogP contribution >= 0.6 is 11.8 Å². The molecule has 0 bridgehead atoms. The van der Waals surface area contributed by atoms with Crippen molar-refractivity contribution in [3.05, 3.63) is 47.3 Å². The molecule has 12 heteroatoms. The van der Waals surface area contributed by atoms with Crippen molar-refractivity contribution in [3.63, 3.8) is 0 Å². The van der Waals surface area contributed by atoms with E-state index >= 15 is 0 Å². The first-order valence-corrected chi connectivity index (χ1v) is 10.4. The quantitative estimate of drug-likeness (QED) is 0.684. The molecule has 1 unspecified atom stereocenters. The predicted molar refractivity (Wildman–Crippen MR) is 113 cm³/mol. The van der Waals surface area contributed by atoms with E-state index in [-0.39, 0.29) is 10.4 Å². The van der Waals surface area contributed by atoms with Crippen LogP contribution in [0.3, 0.4) is 0 Å². The SMILES string of the molecule is COc1ccc(Cn2cc(C=C3CNCCC3SC(C)=O)nn2)cc1.O=C(O)C(F)(F)F. The molecule has 1 fully saturated rings. The van der Waals surface area contributed by atoms with Gasteiger partial charge >= 0.3 is 12.1 Å². The van der Waals surface area contributed by atoms with Gasteiger partial charge in [0.15, 0.2) is 5.12 Å². The number of thioether (sulfide) groups is 1. The molecule has 2 N–H and O–H groups in total. The van der Waals surface area contributed by atoms with Gasteiger partial charge in [-0.2, -0.15) is 13.2 Å². The molecule has 3 rings (SSSR count). The van der Waals surface area contributed by atoms with Crippen molar-refractivity contribution in [2.75, 3.05) is 20.2 Å². The standard InChI is InChI=1S/C18H22N4O2S.C2HF3O2/c1-13(23)25-18-7-8-19-10-15(18)9-16-12-22(21-20-16)11-14-3-5-17(24-2)6-4-14;3-2(4,5)1(6)7/h3-6,9,12,18-19H,7-8,10-11H2,1-2H3;(H,6,7). The topological polar surface area (TPSA) is 106 Å². The highest BCUT2D eigenvalue weighted by Gasteiger charge is 2.38. The van der Waals surface area contributed by atoms with Crippen LogP contribution in [0.25, 0.3) is 6.08 Å². The van der Waals surface area contributed by atoms with Gasteiger partial charge in [0.05, 0.1) is 19.9 Å². The molecule has 1 aromatic carbocycles. The zero-order valence-corrected chi connectivity index (χ0v) is 18.2. The van der Waals surface area contributed by atoms with Gasteiger partial charge in [-0.15, -0.1) is 5.10 Å². The molecule has 1 aliphatic heterocycles. The number of carbonyl (C=O) groups excluding carboxylic acids is 1. The van der Waals surface area contributed by atoms with Crippen LogP contribution < -0.4 is 10.1 Å². The lowest BCUT2D eigenvalue weighted by atomic mass is 10.1. The van der Waals surface area contributed by atoms with E-state index in [1.54, 1.807) is 14.0 Å². The summed E-state index contributed by atoms with van der Waals surface area (Å²) in [4.78, 5) is 20.3. The third-order valence-corrected chi connectivity index (χ3v) is 5.42. The minimum Gasteiger partial charge on any atom is -0.497 e. The number of ether oxygens (including phenoxy) is 1. The Balaban J connectivity index is 0.000000451. The van der Waals surface area contributed by atoms with Crippen molar-refractivity contribution in [2.45, 2.75) is 31.3 Å². The van der Waals surface area contributed by atoms with E-state index < -0.39 is 12.1 Å². The van der Waals surface area contributed by atoms with Crippen molar-refractivity contribution in [1.29, 1.82) is 0 Å². The number of carboxylic acid groups (broad SMARTS) is 1. The lowest BCUT2D eigenvalue weighted by molar-refractivity contribution is -0.192. The summed E-state index contributed by atoms with van der Waals surface area (Å²) in [6, 6.07) is 7.91. The molecule has 0 saturated carbocycles. The van der Waals surface area contributed by atoms with Crippen LogP contribution in [0.5, 0.6) is 5.75 Å². The molecule has 1 saturated heterocycles. The molecule has 1 aromatic heterocycles. The van der Waals surface area contributed by atoms with Gasteiger partial charge in [0.1, 0.15) is 11.4 Å². The molecule has 2 heterocycles. The number of hydrogen-bond donors (Lipinski definition) is 2. The van der Waals surface area contributed by atoms with Crippen LogP contribution in [0.15, 0.2) is 36.0 Å². The van der Waals surface area contributed by atoms with Gasteiger partial charge in [0, 0.05) is 18.7 Å². The zero-order valence-electron chi connectivity index (χ0n) is 17.4. The summed E-state index contributed by atoms with van der Waals surface area (Å²) in [5.41, 5.74) is 3.15. The van der Waals surface area contributed by atoms with E-state index in [0.717, 1.165) is 36.5 Å². The second-order valence-electron chi connectivity index (χ2n) is 6.77. The largest absolute Gasteiger partial charge is 0.497 e. The van der Waals surface area contributed by atoms with Crippen LogP contribution in [0.4, 0.5) is 13.2 Å². The van der Waals surface area contributed by atoms with E-state index in [2.05, 4.69) is 15.6 Å². The highest BCUT2D eigenvalue weighted by molar-refractivity contribution is 8.14. The molecule has 0 radical (unpaired) electrons. The number of piperidine rings is 1. The maximum Gasteiger partial charge on any atom is 0.490 e.